The van der Waals surface area contributed by atoms with Crippen LogP contribution in [0.15, 0.2) is 66.9 Å². The van der Waals surface area contributed by atoms with Crippen LogP contribution >= 0.6 is 12.2 Å². The minimum Gasteiger partial charge on any atom is -0.478 e. The van der Waals surface area contributed by atoms with Gasteiger partial charge in [-0.2, -0.15) is 0 Å². The summed E-state index contributed by atoms with van der Waals surface area (Å²) in [5.41, 5.74) is 7.11. The highest BCUT2D eigenvalue weighted by atomic mass is 32.1. The highest BCUT2D eigenvalue weighted by molar-refractivity contribution is 7.80. The predicted octanol–water partition coefficient (Wildman–Crippen LogP) is 6.12. The van der Waals surface area contributed by atoms with E-state index < -0.39 is 5.97 Å². The molecule has 37 heavy (non-hydrogen) atoms. The average Bonchev–Trinajstić information content (AvgIpc) is 3.36. The lowest BCUT2D eigenvalue weighted by Gasteiger charge is -2.28. The molecule has 3 heterocycles. The fraction of sp³-hybridized carbons (Fsp3) is 0.207. The molecule has 0 unspecified atom stereocenters. The molecule has 0 spiro atoms. The number of carboxylic acid groups (broad SMARTS) is 1. The lowest BCUT2D eigenvalue weighted by molar-refractivity contribution is 0.0697. The number of anilines is 1. The summed E-state index contributed by atoms with van der Waals surface area (Å²) >= 11 is 5.82. The van der Waals surface area contributed by atoms with Crippen LogP contribution in [0.4, 0.5) is 10.1 Å². The van der Waals surface area contributed by atoms with Crippen molar-refractivity contribution in [3.05, 3.63) is 112 Å². The van der Waals surface area contributed by atoms with Crippen molar-refractivity contribution in [3.8, 4) is 5.69 Å². The Bertz CT molecular complexity index is 1530. The van der Waals surface area contributed by atoms with Crippen LogP contribution in [0.5, 0.6) is 0 Å². The molecule has 0 bridgehead atoms. The highest BCUT2D eigenvalue weighted by Crippen LogP contribution is 2.44. The maximum Gasteiger partial charge on any atom is 0.335 e. The summed E-state index contributed by atoms with van der Waals surface area (Å²) in [4.78, 5) is 18.3. The van der Waals surface area contributed by atoms with Gasteiger partial charge in [0.1, 0.15) is 5.82 Å². The van der Waals surface area contributed by atoms with Crippen molar-refractivity contribution >= 4 is 29.0 Å². The summed E-state index contributed by atoms with van der Waals surface area (Å²) in [5.74, 6) is -1.24. The lowest BCUT2D eigenvalue weighted by Crippen LogP contribution is -2.29. The van der Waals surface area contributed by atoms with E-state index in [1.807, 2.05) is 49.9 Å². The Labute approximate surface area is 220 Å². The van der Waals surface area contributed by atoms with Gasteiger partial charge in [-0.25, -0.2) is 9.18 Å². The number of aryl methyl sites for hydroxylation is 3. The molecule has 2 aromatic carbocycles. The quantitative estimate of drug-likeness (QED) is 0.313. The number of pyridine rings is 1. The minimum absolute atomic E-state index is 0.230. The van der Waals surface area contributed by atoms with Gasteiger partial charge in [0.05, 0.1) is 23.3 Å². The van der Waals surface area contributed by atoms with Crippen molar-refractivity contribution in [2.45, 2.75) is 39.8 Å². The number of benzene rings is 2. The molecule has 188 valence electrons. The Hall–Kier alpha value is -4.04. The molecule has 0 saturated carbocycles. The van der Waals surface area contributed by atoms with E-state index >= 15 is 0 Å². The zero-order valence-corrected chi connectivity index (χ0v) is 21.8. The molecule has 1 saturated heterocycles. The number of thiocarbonyl (C=S) groups is 1. The number of hydrogen-bond donors (Lipinski definition) is 2. The number of aromatic nitrogens is 2. The zero-order valence-electron chi connectivity index (χ0n) is 21.0. The van der Waals surface area contributed by atoms with Crippen molar-refractivity contribution in [3.63, 3.8) is 0 Å². The minimum atomic E-state index is -0.970. The van der Waals surface area contributed by atoms with E-state index in [0.717, 1.165) is 39.6 Å². The first kappa shape index (κ1) is 24.6. The Morgan fingerprint density at radius 3 is 2.49 bits per heavy atom. The van der Waals surface area contributed by atoms with Gasteiger partial charge in [-0.3, -0.25) is 4.98 Å². The van der Waals surface area contributed by atoms with Gasteiger partial charge in [0.2, 0.25) is 0 Å². The Kier molecular flexibility index (Phi) is 6.29. The molecule has 2 N–H and O–H groups in total. The van der Waals surface area contributed by atoms with E-state index in [-0.39, 0.29) is 23.5 Å². The molecule has 1 aliphatic heterocycles. The molecule has 1 fully saturated rings. The first-order valence-corrected chi connectivity index (χ1v) is 12.4. The third-order valence-corrected chi connectivity index (χ3v) is 7.32. The van der Waals surface area contributed by atoms with Gasteiger partial charge in [0, 0.05) is 29.0 Å². The molecule has 1 aliphatic rings. The second-order valence-corrected chi connectivity index (χ2v) is 9.79. The van der Waals surface area contributed by atoms with Crippen molar-refractivity contribution in [2.24, 2.45) is 0 Å². The number of carbonyl (C=O) groups is 1. The third kappa shape index (κ3) is 4.27. The summed E-state index contributed by atoms with van der Waals surface area (Å²) < 4.78 is 16.2. The van der Waals surface area contributed by atoms with E-state index in [9.17, 15) is 14.3 Å². The topological polar surface area (TPSA) is 70.4 Å². The monoisotopic (exact) mass is 514 g/mol. The molecule has 8 heteroatoms. The second-order valence-electron chi connectivity index (χ2n) is 9.40. The Morgan fingerprint density at radius 1 is 1.03 bits per heavy atom. The summed E-state index contributed by atoms with van der Waals surface area (Å²) in [6.45, 7) is 7.74. The molecule has 4 aromatic rings. The molecule has 5 rings (SSSR count). The lowest BCUT2D eigenvalue weighted by atomic mass is 9.96. The second kappa shape index (κ2) is 9.44. The number of nitrogens with zero attached hydrogens (tertiary/aromatic N) is 3. The number of hydrogen-bond acceptors (Lipinski definition) is 3. The van der Waals surface area contributed by atoms with E-state index in [0.29, 0.717) is 10.7 Å². The number of halogens is 1. The van der Waals surface area contributed by atoms with Gasteiger partial charge in [0.25, 0.3) is 0 Å². The molecule has 0 radical (unpaired) electrons. The van der Waals surface area contributed by atoms with Gasteiger partial charge in [-0.15, -0.1) is 0 Å². The van der Waals surface area contributed by atoms with E-state index in [2.05, 4.69) is 20.9 Å². The van der Waals surface area contributed by atoms with Gasteiger partial charge in [0.15, 0.2) is 5.11 Å². The third-order valence-electron chi connectivity index (χ3n) is 7.00. The molecular weight excluding hydrogens is 487 g/mol. The fourth-order valence-corrected chi connectivity index (χ4v) is 5.51. The molecule has 2 atom stereocenters. The number of nitrogens with one attached hydrogen (secondary N) is 1. The smallest absolute Gasteiger partial charge is 0.335 e. The number of aromatic carboxylic acids is 1. The van der Waals surface area contributed by atoms with Crippen molar-refractivity contribution in [2.75, 3.05) is 4.90 Å². The zero-order chi connectivity index (χ0) is 26.4. The van der Waals surface area contributed by atoms with Crippen LogP contribution in [-0.2, 0) is 0 Å². The Morgan fingerprint density at radius 2 is 1.81 bits per heavy atom. The van der Waals surface area contributed by atoms with Crippen LogP contribution in [0.3, 0.4) is 0 Å². The van der Waals surface area contributed by atoms with Gasteiger partial charge in [-0.05, 0) is 105 Å². The fourth-order valence-electron chi connectivity index (χ4n) is 5.17. The van der Waals surface area contributed by atoms with Crippen molar-refractivity contribution in [1.29, 1.82) is 0 Å². The SMILES string of the molecule is Cc1cc(N2C(=S)N[C@H](c3ccccn3)[C@H]2c2cc(C)n(-c3cc(C(=O)O)ccc3C)c2C)ccc1F. The van der Waals surface area contributed by atoms with Crippen molar-refractivity contribution < 1.29 is 14.3 Å². The highest BCUT2D eigenvalue weighted by Gasteiger charge is 2.42. The molecule has 2 aromatic heterocycles. The molecular formula is C29H27FN4O2S. The standard InChI is InChI=1S/C29H27FN4O2S/c1-16-8-9-20(28(35)36)15-25(16)33-18(3)14-22(19(33)4)27-26(24-7-5-6-12-31-24)32-29(37)34(27)21-10-11-23(30)17(2)13-21/h5-15,26-27H,1-4H3,(H,32,37)(H,35,36)/t26-,27-/m1/s1. The van der Waals surface area contributed by atoms with E-state index in [4.69, 9.17) is 12.2 Å². The van der Waals surface area contributed by atoms with Gasteiger partial charge >= 0.3 is 5.97 Å². The maximum absolute atomic E-state index is 14.2. The summed E-state index contributed by atoms with van der Waals surface area (Å²) in [6, 6.07) is 17.5. The van der Waals surface area contributed by atoms with Crippen LogP contribution < -0.4 is 10.2 Å². The van der Waals surface area contributed by atoms with E-state index in [1.165, 1.54) is 6.07 Å². The number of rotatable bonds is 5. The Balaban J connectivity index is 1.71. The molecule has 0 amide bonds. The van der Waals surface area contributed by atoms with Crippen LogP contribution in [0.25, 0.3) is 5.69 Å². The van der Waals surface area contributed by atoms with Crippen LogP contribution in [0, 0.1) is 33.5 Å². The first-order chi connectivity index (χ1) is 17.7. The normalized spacial score (nSPS) is 17.2. The predicted molar refractivity (Wildman–Crippen MR) is 146 cm³/mol. The average molecular weight is 515 g/mol. The summed E-state index contributed by atoms with van der Waals surface area (Å²) in [5, 5.41) is 13.6. The van der Waals surface area contributed by atoms with Gasteiger partial charge < -0.3 is 19.9 Å². The number of carboxylic acids is 1. The van der Waals surface area contributed by atoms with Crippen LogP contribution in [0.1, 0.15) is 56.2 Å². The van der Waals surface area contributed by atoms with E-state index in [1.54, 1.807) is 37.4 Å². The first-order valence-electron chi connectivity index (χ1n) is 12.0. The summed E-state index contributed by atoms with van der Waals surface area (Å²) in [7, 11) is 0. The summed E-state index contributed by atoms with van der Waals surface area (Å²) in [6.07, 6.45) is 1.76. The van der Waals surface area contributed by atoms with Gasteiger partial charge in [-0.1, -0.05) is 12.1 Å². The molecule has 6 nitrogen and oxygen atoms in total. The van der Waals surface area contributed by atoms with Crippen LogP contribution in [-0.4, -0.2) is 25.7 Å². The van der Waals surface area contributed by atoms with Crippen LogP contribution in [0.2, 0.25) is 0 Å². The largest absolute Gasteiger partial charge is 0.478 e. The van der Waals surface area contributed by atoms with Crippen molar-refractivity contribution in [1.82, 2.24) is 14.9 Å². The maximum atomic E-state index is 14.2. The molecule has 0 aliphatic carbocycles.